The third kappa shape index (κ3) is 5.33. The lowest BCUT2D eigenvalue weighted by Gasteiger charge is -2.15. The zero-order chi connectivity index (χ0) is 20.8. The normalized spacial score (nSPS) is 14.0. The molecule has 2 aromatic carbocycles. The van der Waals surface area contributed by atoms with Gasteiger partial charge in [0.2, 0.25) is 5.91 Å². The molecule has 30 heavy (non-hydrogen) atoms. The van der Waals surface area contributed by atoms with Crippen LogP contribution >= 0.6 is 0 Å². The third-order valence-electron chi connectivity index (χ3n) is 5.70. The van der Waals surface area contributed by atoms with Crippen molar-refractivity contribution in [2.45, 2.75) is 39.3 Å². The first-order chi connectivity index (χ1) is 14.7. The number of hydrogen-bond acceptors (Lipinski definition) is 3. The molecule has 3 aromatic rings. The SMILES string of the molecule is Cc1ccc(CC(=O)NCc2ccccc2-c2ccc(CN3CCCC3)cc2)cn1. The molecule has 0 spiro atoms. The zero-order valence-electron chi connectivity index (χ0n) is 17.6. The number of rotatable bonds is 7. The van der Waals surface area contributed by atoms with E-state index < -0.39 is 0 Å². The maximum absolute atomic E-state index is 12.4. The first-order valence-corrected chi connectivity index (χ1v) is 10.8. The number of nitrogens with zero attached hydrogens (tertiary/aromatic N) is 2. The average molecular weight is 400 g/mol. The van der Waals surface area contributed by atoms with Crippen LogP contribution in [0.5, 0.6) is 0 Å². The Hall–Kier alpha value is -2.98. The fourth-order valence-corrected chi connectivity index (χ4v) is 3.99. The summed E-state index contributed by atoms with van der Waals surface area (Å²) < 4.78 is 0. The smallest absolute Gasteiger partial charge is 0.224 e. The van der Waals surface area contributed by atoms with Gasteiger partial charge >= 0.3 is 0 Å². The van der Waals surface area contributed by atoms with Crippen molar-refractivity contribution in [3.05, 3.63) is 89.2 Å². The maximum atomic E-state index is 12.4. The van der Waals surface area contributed by atoms with Crippen molar-refractivity contribution in [1.29, 1.82) is 0 Å². The van der Waals surface area contributed by atoms with Crippen molar-refractivity contribution in [1.82, 2.24) is 15.2 Å². The van der Waals surface area contributed by atoms with Crippen molar-refractivity contribution in [3.8, 4) is 11.1 Å². The molecule has 1 N–H and O–H groups in total. The highest BCUT2D eigenvalue weighted by Gasteiger charge is 2.12. The molecular formula is C26H29N3O. The minimum Gasteiger partial charge on any atom is -0.352 e. The second-order valence-corrected chi connectivity index (χ2v) is 8.10. The third-order valence-corrected chi connectivity index (χ3v) is 5.70. The van der Waals surface area contributed by atoms with E-state index in [0.29, 0.717) is 13.0 Å². The van der Waals surface area contributed by atoms with Crippen molar-refractivity contribution in [3.63, 3.8) is 0 Å². The average Bonchev–Trinajstić information content (AvgIpc) is 3.28. The molecule has 4 heteroatoms. The van der Waals surface area contributed by atoms with E-state index in [2.05, 4.69) is 57.7 Å². The molecule has 0 unspecified atom stereocenters. The lowest BCUT2D eigenvalue weighted by Crippen LogP contribution is -2.24. The van der Waals surface area contributed by atoms with E-state index in [1.54, 1.807) is 6.20 Å². The van der Waals surface area contributed by atoms with Crippen molar-refractivity contribution in [2.75, 3.05) is 13.1 Å². The molecule has 2 heterocycles. The molecule has 0 bridgehead atoms. The van der Waals surface area contributed by atoms with Crippen molar-refractivity contribution >= 4 is 5.91 Å². The molecule has 0 atom stereocenters. The number of hydrogen-bond donors (Lipinski definition) is 1. The van der Waals surface area contributed by atoms with E-state index in [0.717, 1.165) is 23.4 Å². The largest absolute Gasteiger partial charge is 0.352 e. The van der Waals surface area contributed by atoms with Gasteiger partial charge in [-0.3, -0.25) is 14.7 Å². The highest BCUT2D eigenvalue weighted by molar-refractivity contribution is 5.79. The first-order valence-electron chi connectivity index (χ1n) is 10.8. The van der Waals surface area contributed by atoms with Gasteiger partial charge in [-0.2, -0.15) is 0 Å². The van der Waals surface area contributed by atoms with E-state index in [9.17, 15) is 4.79 Å². The summed E-state index contributed by atoms with van der Waals surface area (Å²) in [5, 5.41) is 3.06. The highest BCUT2D eigenvalue weighted by Crippen LogP contribution is 2.25. The second-order valence-electron chi connectivity index (χ2n) is 8.10. The topological polar surface area (TPSA) is 45.2 Å². The predicted octanol–water partition coefficient (Wildman–Crippen LogP) is 4.51. The molecule has 1 aliphatic rings. The number of nitrogens with one attached hydrogen (secondary N) is 1. The molecule has 1 fully saturated rings. The van der Waals surface area contributed by atoms with E-state index in [4.69, 9.17) is 0 Å². The monoisotopic (exact) mass is 399 g/mol. The van der Waals surface area contributed by atoms with Crippen molar-refractivity contribution in [2.24, 2.45) is 0 Å². The van der Waals surface area contributed by atoms with Crippen LogP contribution in [0.1, 0.15) is 35.2 Å². The zero-order valence-corrected chi connectivity index (χ0v) is 17.6. The van der Waals surface area contributed by atoms with Gasteiger partial charge in [-0.05, 0) is 66.7 Å². The van der Waals surface area contributed by atoms with Crippen LogP contribution < -0.4 is 5.32 Å². The summed E-state index contributed by atoms with van der Waals surface area (Å²) in [5.41, 5.74) is 6.73. The molecule has 1 aliphatic heterocycles. The molecule has 0 radical (unpaired) electrons. The van der Waals surface area contributed by atoms with Gasteiger partial charge in [0, 0.05) is 25.0 Å². The summed E-state index contributed by atoms with van der Waals surface area (Å²) in [7, 11) is 0. The maximum Gasteiger partial charge on any atom is 0.224 e. The molecule has 1 saturated heterocycles. The summed E-state index contributed by atoms with van der Waals surface area (Å²) in [6, 6.07) is 21.0. The molecule has 1 amide bonds. The Kier molecular flexibility index (Phi) is 6.55. The molecule has 0 aliphatic carbocycles. The van der Waals surface area contributed by atoms with Crippen LogP contribution in [0.15, 0.2) is 66.9 Å². The van der Waals surface area contributed by atoms with E-state index in [1.807, 2.05) is 25.1 Å². The molecular weight excluding hydrogens is 370 g/mol. The van der Waals surface area contributed by atoms with Gasteiger partial charge in [-0.25, -0.2) is 0 Å². The van der Waals surface area contributed by atoms with Crippen LogP contribution in [-0.2, 0) is 24.3 Å². The number of amides is 1. The predicted molar refractivity (Wildman–Crippen MR) is 121 cm³/mol. The van der Waals surface area contributed by atoms with E-state index in [-0.39, 0.29) is 5.91 Å². The van der Waals surface area contributed by atoms with Gasteiger partial charge < -0.3 is 5.32 Å². The summed E-state index contributed by atoms with van der Waals surface area (Å²) in [6.45, 7) is 5.92. The summed E-state index contributed by atoms with van der Waals surface area (Å²) >= 11 is 0. The van der Waals surface area contributed by atoms with Gasteiger partial charge in [-0.15, -0.1) is 0 Å². The fraction of sp³-hybridized carbons (Fsp3) is 0.308. The lowest BCUT2D eigenvalue weighted by molar-refractivity contribution is -0.120. The Bertz CT molecular complexity index is 974. The molecule has 4 nitrogen and oxygen atoms in total. The Morgan fingerprint density at radius 2 is 1.70 bits per heavy atom. The quantitative estimate of drug-likeness (QED) is 0.636. The van der Waals surface area contributed by atoms with Crippen LogP contribution in [-0.4, -0.2) is 28.9 Å². The van der Waals surface area contributed by atoms with Crippen LogP contribution in [0.3, 0.4) is 0 Å². The van der Waals surface area contributed by atoms with Crippen LogP contribution in [0, 0.1) is 6.92 Å². The van der Waals surface area contributed by atoms with E-state index >= 15 is 0 Å². The van der Waals surface area contributed by atoms with Crippen LogP contribution in [0.2, 0.25) is 0 Å². The second kappa shape index (κ2) is 9.68. The molecule has 4 rings (SSSR count). The number of carbonyl (C=O) groups excluding carboxylic acids is 1. The molecule has 0 saturated carbocycles. The molecule has 154 valence electrons. The highest BCUT2D eigenvalue weighted by atomic mass is 16.1. The molecule has 1 aromatic heterocycles. The van der Waals surface area contributed by atoms with Crippen molar-refractivity contribution < 1.29 is 4.79 Å². The van der Waals surface area contributed by atoms with Gasteiger partial charge in [0.15, 0.2) is 0 Å². The number of carbonyl (C=O) groups is 1. The van der Waals surface area contributed by atoms with Gasteiger partial charge in [-0.1, -0.05) is 54.6 Å². The number of pyridine rings is 1. The summed E-state index contributed by atoms with van der Waals surface area (Å²) in [5.74, 6) is 0.0106. The van der Waals surface area contributed by atoms with Gasteiger partial charge in [0.1, 0.15) is 0 Å². The summed E-state index contributed by atoms with van der Waals surface area (Å²) in [6.07, 6.45) is 4.75. The van der Waals surface area contributed by atoms with Gasteiger partial charge in [0.25, 0.3) is 0 Å². The fourth-order valence-electron chi connectivity index (χ4n) is 3.99. The number of aryl methyl sites for hydroxylation is 1. The number of aromatic nitrogens is 1. The number of likely N-dealkylation sites (tertiary alicyclic amines) is 1. The van der Waals surface area contributed by atoms with Crippen LogP contribution in [0.4, 0.5) is 0 Å². The minimum atomic E-state index is 0.0106. The Balaban J connectivity index is 1.39. The standard InChI is InChI=1S/C26H29N3O/c1-20-8-9-22(17-27-20)16-26(30)28-18-24-6-2-3-7-25(24)23-12-10-21(11-13-23)19-29-14-4-5-15-29/h2-3,6-13,17H,4-5,14-16,18-19H2,1H3,(H,28,30). The van der Waals surface area contributed by atoms with E-state index in [1.165, 1.54) is 42.6 Å². The lowest BCUT2D eigenvalue weighted by atomic mass is 9.98. The van der Waals surface area contributed by atoms with Crippen LogP contribution in [0.25, 0.3) is 11.1 Å². The van der Waals surface area contributed by atoms with Gasteiger partial charge in [0.05, 0.1) is 6.42 Å². The number of benzene rings is 2. The Morgan fingerprint density at radius 3 is 2.43 bits per heavy atom. The summed E-state index contributed by atoms with van der Waals surface area (Å²) in [4.78, 5) is 19.2. The Labute approximate surface area is 179 Å². The minimum absolute atomic E-state index is 0.0106. The first kappa shape index (κ1) is 20.3. The Morgan fingerprint density at radius 1 is 0.967 bits per heavy atom.